The van der Waals surface area contributed by atoms with Crippen LogP contribution < -0.4 is 5.32 Å². The highest BCUT2D eigenvalue weighted by molar-refractivity contribution is 5.13. The van der Waals surface area contributed by atoms with E-state index in [9.17, 15) is 0 Å². The molecule has 18 heavy (non-hydrogen) atoms. The molecule has 2 rings (SSSR count). The van der Waals surface area contributed by atoms with Gasteiger partial charge in [-0.25, -0.2) is 0 Å². The second-order valence-corrected chi connectivity index (χ2v) is 6.82. The Morgan fingerprint density at radius 3 is 2.44 bits per heavy atom. The van der Waals surface area contributed by atoms with E-state index in [-0.39, 0.29) is 0 Å². The van der Waals surface area contributed by atoms with Crippen molar-refractivity contribution >= 4 is 0 Å². The van der Waals surface area contributed by atoms with E-state index >= 15 is 0 Å². The van der Waals surface area contributed by atoms with Gasteiger partial charge in [0.15, 0.2) is 0 Å². The Morgan fingerprint density at radius 1 is 1.22 bits per heavy atom. The van der Waals surface area contributed by atoms with Crippen molar-refractivity contribution in [2.75, 3.05) is 6.54 Å². The highest BCUT2D eigenvalue weighted by Crippen LogP contribution is 2.67. The van der Waals surface area contributed by atoms with Crippen LogP contribution in [0.25, 0.3) is 0 Å². The summed E-state index contributed by atoms with van der Waals surface area (Å²) in [5.41, 5.74) is 2.39. The van der Waals surface area contributed by atoms with Crippen LogP contribution >= 0.6 is 0 Å². The van der Waals surface area contributed by atoms with Crippen LogP contribution in [0.1, 0.15) is 46.7 Å². The lowest BCUT2D eigenvalue weighted by Crippen LogP contribution is -2.20. The summed E-state index contributed by atoms with van der Waals surface area (Å²) in [6.07, 6.45) is 3.38. The number of rotatable bonds is 6. The maximum atomic E-state index is 3.64. The van der Waals surface area contributed by atoms with Gasteiger partial charge in [-0.15, -0.1) is 0 Å². The molecule has 1 saturated carbocycles. The highest BCUT2D eigenvalue weighted by atomic mass is 15.0. The van der Waals surface area contributed by atoms with Crippen molar-refractivity contribution in [1.82, 2.24) is 9.88 Å². The summed E-state index contributed by atoms with van der Waals surface area (Å²) >= 11 is 0. The summed E-state index contributed by atoms with van der Waals surface area (Å²) in [6.45, 7) is 15.0. The van der Waals surface area contributed by atoms with Crippen molar-refractivity contribution < 1.29 is 0 Å². The third-order valence-electron chi connectivity index (χ3n) is 5.36. The maximum Gasteiger partial charge on any atom is 0.0359 e. The first-order chi connectivity index (χ1) is 8.41. The molecular weight excluding hydrogens is 220 g/mol. The first kappa shape index (κ1) is 13.7. The lowest BCUT2D eigenvalue weighted by atomic mass is 10.0. The maximum absolute atomic E-state index is 3.64. The van der Waals surface area contributed by atoms with Gasteiger partial charge in [-0.2, -0.15) is 0 Å². The van der Waals surface area contributed by atoms with Crippen LogP contribution in [0.4, 0.5) is 0 Å². The Morgan fingerprint density at radius 2 is 1.89 bits per heavy atom. The van der Waals surface area contributed by atoms with Gasteiger partial charge in [0, 0.05) is 25.0 Å². The molecule has 1 aliphatic carbocycles. The van der Waals surface area contributed by atoms with Crippen molar-refractivity contribution in [2.45, 2.75) is 54.1 Å². The molecule has 0 aliphatic heterocycles. The number of aromatic nitrogens is 1. The smallest absolute Gasteiger partial charge is 0.0359 e. The average molecular weight is 248 g/mol. The molecule has 2 heteroatoms. The molecule has 0 atom stereocenters. The molecule has 2 nitrogen and oxygen atoms in total. The molecule has 0 spiro atoms. The second kappa shape index (κ2) is 4.73. The number of hydrogen-bond acceptors (Lipinski definition) is 1. The zero-order chi connectivity index (χ0) is 13.4. The van der Waals surface area contributed by atoms with Gasteiger partial charge < -0.3 is 9.88 Å². The van der Waals surface area contributed by atoms with E-state index in [0.717, 1.165) is 25.6 Å². The van der Waals surface area contributed by atoms with Crippen molar-refractivity contribution in [3.63, 3.8) is 0 Å². The quantitative estimate of drug-likeness (QED) is 0.813. The second-order valence-electron chi connectivity index (χ2n) is 6.82. The van der Waals surface area contributed by atoms with Gasteiger partial charge in [-0.3, -0.25) is 0 Å². The molecule has 1 aliphatic rings. The molecule has 1 aromatic rings. The SMILES string of the molecule is CCCn1cccc1CNCC1C(C)(C)C1(C)C. The third-order valence-corrected chi connectivity index (χ3v) is 5.36. The number of nitrogens with zero attached hydrogens (tertiary/aromatic N) is 1. The van der Waals surface area contributed by atoms with Crippen LogP contribution in [0, 0.1) is 16.7 Å². The Hall–Kier alpha value is -0.760. The van der Waals surface area contributed by atoms with Crippen molar-refractivity contribution in [1.29, 1.82) is 0 Å². The van der Waals surface area contributed by atoms with Crippen LogP contribution in [-0.2, 0) is 13.1 Å². The Balaban J connectivity index is 1.81. The van der Waals surface area contributed by atoms with Gasteiger partial charge in [-0.05, 0) is 41.8 Å². The van der Waals surface area contributed by atoms with Gasteiger partial charge in [0.2, 0.25) is 0 Å². The van der Waals surface area contributed by atoms with Gasteiger partial charge in [0.25, 0.3) is 0 Å². The van der Waals surface area contributed by atoms with E-state index in [1.807, 2.05) is 0 Å². The number of hydrogen-bond donors (Lipinski definition) is 1. The van der Waals surface area contributed by atoms with Crippen LogP contribution in [-0.4, -0.2) is 11.1 Å². The van der Waals surface area contributed by atoms with E-state index in [1.54, 1.807) is 0 Å². The number of aryl methyl sites for hydroxylation is 1. The third kappa shape index (κ3) is 2.23. The molecule has 1 fully saturated rings. The normalized spacial score (nSPS) is 21.2. The monoisotopic (exact) mass is 248 g/mol. The fourth-order valence-corrected chi connectivity index (χ4v) is 3.26. The zero-order valence-electron chi connectivity index (χ0n) is 12.6. The highest BCUT2D eigenvalue weighted by Gasteiger charge is 2.63. The molecule has 0 aromatic carbocycles. The van der Waals surface area contributed by atoms with Crippen molar-refractivity contribution in [2.24, 2.45) is 16.7 Å². The summed E-state index contributed by atoms with van der Waals surface area (Å²) in [7, 11) is 0. The van der Waals surface area contributed by atoms with E-state index in [4.69, 9.17) is 0 Å². The Kier molecular flexibility index (Phi) is 3.59. The molecule has 0 unspecified atom stereocenters. The minimum absolute atomic E-state index is 0.491. The van der Waals surface area contributed by atoms with Gasteiger partial charge >= 0.3 is 0 Å². The van der Waals surface area contributed by atoms with Gasteiger partial charge in [0.05, 0.1) is 0 Å². The summed E-state index contributed by atoms with van der Waals surface area (Å²) in [5, 5.41) is 3.64. The molecule has 102 valence electrons. The molecule has 1 heterocycles. The van der Waals surface area contributed by atoms with E-state index in [0.29, 0.717) is 10.8 Å². The topological polar surface area (TPSA) is 17.0 Å². The van der Waals surface area contributed by atoms with E-state index in [2.05, 4.69) is 62.8 Å². The molecular formula is C16H28N2. The van der Waals surface area contributed by atoms with Crippen LogP contribution in [0.5, 0.6) is 0 Å². The van der Waals surface area contributed by atoms with Crippen LogP contribution in [0.3, 0.4) is 0 Å². The standard InChI is InChI=1S/C16H28N2/c1-6-9-18-10-7-8-13(18)11-17-12-14-15(2,3)16(14,4)5/h7-8,10,14,17H,6,9,11-12H2,1-5H3. The predicted molar refractivity (Wildman–Crippen MR) is 77.5 cm³/mol. The summed E-state index contributed by atoms with van der Waals surface area (Å²) in [4.78, 5) is 0. The predicted octanol–water partition coefficient (Wildman–Crippen LogP) is 3.67. The molecule has 0 radical (unpaired) electrons. The fraction of sp³-hybridized carbons (Fsp3) is 0.750. The Bertz CT molecular complexity index is 387. The van der Waals surface area contributed by atoms with Gasteiger partial charge in [0.1, 0.15) is 0 Å². The largest absolute Gasteiger partial charge is 0.350 e. The number of nitrogens with one attached hydrogen (secondary N) is 1. The Labute approximate surface area is 112 Å². The minimum atomic E-state index is 0.491. The van der Waals surface area contributed by atoms with Crippen molar-refractivity contribution in [3.05, 3.63) is 24.0 Å². The first-order valence-electron chi connectivity index (χ1n) is 7.26. The van der Waals surface area contributed by atoms with Crippen LogP contribution in [0.2, 0.25) is 0 Å². The molecule has 0 bridgehead atoms. The molecule has 1 aromatic heterocycles. The lowest BCUT2D eigenvalue weighted by molar-refractivity contribution is 0.457. The van der Waals surface area contributed by atoms with Gasteiger partial charge in [-0.1, -0.05) is 34.6 Å². The zero-order valence-corrected chi connectivity index (χ0v) is 12.6. The lowest BCUT2D eigenvalue weighted by Gasteiger charge is -2.10. The van der Waals surface area contributed by atoms with E-state index < -0.39 is 0 Å². The first-order valence-corrected chi connectivity index (χ1v) is 7.26. The van der Waals surface area contributed by atoms with Crippen LogP contribution in [0.15, 0.2) is 18.3 Å². The average Bonchev–Trinajstić information content (AvgIpc) is 2.66. The minimum Gasteiger partial charge on any atom is -0.350 e. The molecule has 1 N–H and O–H groups in total. The van der Waals surface area contributed by atoms with Crippen molar-refractivity contribution in [3.8, 4) is 0 Å². The fourth-order valence-electron chi connectivity index (χ4n) is 3.26. The van der Waals surface area contributed by atoms with E-state index in [1.165, 1.54) is 12.1 Å². The summed E-state index contributed by atoms with van der Waals surface area (Å²) < 4.78 is 2.36. The summed E-state index contributed by atoms with van der Waals surface area (Å²) in [6, 6.07) is 4.38. The summed E-state index contributed by atoms with van der Waals surface area (Å²) in [5.74, 6) is 0.805. The molecule has 0 amide bonds. The molecule has 0 saturated heterocycles.